The smallest absolute Gasteiger partial charge is 0.335 e. The number of carboxylic acids is 1. The Hall–Kier alpha value is -2.99. The number of halogens is 1. The lowest BCUT2D eigenvalue weighted by Gasteiger charge is -2.29. The predicted octanol–water partition coefficient (Wildman–Crippen LogP) is 3.62. The second kappa shape index (κ2) is 9.65. The van der Waals surface area contributed by atoms with E-state index in [9.17, 15) is 14.4 Å². The van der Waals surface area contributed by atoms with Gasteiger partial charge in [0.15, 0.2) is 16.6 Å². The van der Waals surface area contributed by atoms with Crippen LogP contribution in [0.1, 0.15) is 29.8 Å². The number of aromatic carboxylic acids is 1. The van der Waals surface area contributed by atoms with Gasteiger partial charge in [0.25, 0.3) is 11.8 Å². The maximum atomic E-state index is 13.2. The molecule has 2 amide bonds. The van der Waals surface area contributed by atoms with E-state index in [-0.39, 0.29) is 22.4 Å². The van der Waals surface area contributed by atoms with Crippen LogP contribution in [0.25, 0.3) is 6.08 Å². The molecule has 0 radical (unpaired) electrons. The fraction of sp³-hybridized carbons (Fsp3) is 0.182. The molecule has 32 heavy (non-hydrogen) atoms. The summed E-state index contributed by atoms with van der Waals surface area (Å²) in [5, 5.41) is 11.5. The Morgan fingerprint density at radius 2 is 1.88 bits per heavy atom. The summed E-state index contributed by atoms with van der Waals surface area (Å²) >= 11 is 7.27. The first kappa shape index (κ1) is 23.7. The second-order valence-corrected chi connectivity index (χ2v) is 8.56. The molecule has 0 atom stereocenters. The van der Waals surface area contributed by atoms with Gasteiger partial charge >= 0.3 is 5.97 Å². The second-order valence-electron chi connectivity index (χ2n) is 7.01. The summed E-state index contributed by atoms with van der Waals surface area (Å²) in [6.07, 6.45) is 1.39. The highest BCUT2D eigenvalue weighted by molar-refractivity contribution is 14.1. The molecule has 0 spiro atoms. The van der Waals surface area contributed by atoms with Gasteiger partial charge in [0, 0.05) is 0 Å². The topological polar surface area (TPSA) is 105 Å². The van der Waals surface area contributed by atoms with E-state index in [1.54, 1.807) is 12.1 Å². The largest absolute Gasteiger partial charge is 0.493 e. The summed E-state index contributed by atoms with van der Waals surface area (Å²) in [5.74, 6) is -1.30. The Balaban J connectivity index is 2.00. The number of thiocarbonyl (C=S) groups is 1. The molecule has 0 saturated carbocycles. The molecule has 1 saturated heterocycles. The summed E-state index contributed by atoms with van der Waals surface area (Å²) in [5.41, 5.74) is 0.837. The van der Waals surface area contributed by atoms with Gasteiger partial charge in [-0.25, -0.2) is 4.79 Å². The number of carbonyl (C=O) groups is 3. The normalized spacial score (nSPS) is 15.2. The maximum absolute atomic E-state index is 13.2. The third kappa shape index (κ3) is 4.91. The van der Waals surface area contributed by atoms with Gasteiger partial charge in [0.05, 0.1) is 28.0 Å². The molecule has 0 aliphatic carbocycles. The molecule has 8 nitrogen and oxygen atoms in total. The number of hydrogen-bond donors (Lipinski definition) is 2. The minimum Gasteiger partial charge on any atom is -0.493 e. The molecule has 0 unspecified atom stereocenters. The average Bonchev–Trinajstić information content (AvgIpc) is 2.72. The highest BCUT2D eigenvalue weighted by Gasteiger charge is 2.34. The Morgan fingerprint density at radius 1 is 1.22 bits per heavy atom. The van der Waals surface area contributed by atoms with Gasteiger partial charge in [-0.1, -0.05) is 0 Å². The Bertz CT molecular complexity index is 1140. The van der Waals surface area contributed by atoms with Crippen molar-refractivity contribution in [1.29, 1.82) is 0 Å². The molecule has 1 aliphatic heterocycles. The molecular formula is C22H19IN2O6S. The van der Waals surface area contributed by atoms with Crippen LogP contribution in [0.15, 0.2) is 42.0 Å². The van der Waals surface area contributed by atoms with Crippen LogP contribution < -0.4 is 19.7 Å². The Labute approximate surface area is 203 Å². The zero-order chi connectivity index (χ0) is 23.6. The first-order valence-corrected chi connectivity index (χ1v) is 10.9. The van der Waals surface area contributed by atoms with E-state index in [4.69, 9.17) is 26.8 Å². The minimum atomic E-state index is -1.09. The quantitative estimate of drug-likeness (QED) is 0.238. The lowest BCUT2D eigenvalue weighted by atomic mass is 10.1. The first-order chi connectivity index (χ1) is 15.1. The molecule has 0 bridgehead atoms. The molecule has 10 heteroatoms. The molecule has 2 N–H and O–H groups in total. The SMILES string of the molecule is COc1cc(/C=C2\C(=O)NC(=S)N(c3ccc(C(=O)O)cc3)C2=O)cc(I)c1OC(C)C. The van der Waals surface area contributed by atoms with Crippen molar-refractivity contribution in [3.63, 3.8) is 0 Å². The number of benzene rings is 2. The molecule has 0 aromatic heterocycles. The van der Waals surface area contributed by atoms with Crippen molar-refractivity contribution in [2.75, 3.05) is 12.0 Å². The number of nitrogens with zero attached hydrogens (tertiary/aromatic N) is 1. The highest BCUT2D eigenvalue weighted by atomic mass is 127. The minimum absolute atomic E-state index is 0.0607. The van der Waals surface area contributed by atoms with Gasteiger partial charge in [-0.05, 0) is 96.7 Å². The Kier molecular flexibility index (Phi) is 7.14. The van der Waals surface area contributed by atoms with Crippen LogP contribution in [0, 0.1) is 3.57 Å². The number of methoxy groups -OCH3 is 1. The number of hydrogen-bond acceptors (Lipinski definition) is 6. The lowest BCUT2D eigenvalue weighted by Crippen LogP contribution is -2.54. The molecule has 2 aromatic carbocycles. The van der Waals surface area contributed by atoms with Crippen molar-refractivity contribution in [3.8, 4) is 11.5 Å². The summed E-state index contributed by atoms with van der Waals surface area (Å²) in [7, 11) is 1.51. The highest BCUT2D eigenvalue weighted by Crippen LogP contribution is 2.35. The van der Waals surface area contributed by atoms with Crippen LogP contribution in [0.4, 0.5) is 5.69 Å². The predicted molar refractivity (Wildman–Crippen MR) is 131 cm³/mol. The van der Waals surface area contributed by atoms with Gasteiger partial charge < -0.3 is 14.6 Å². The maximum Gasteiger partial charge on any atom is 0.335 e. The van der Waals surface area contributed by atoms with Crippen molar-refractivity contribution < 1.29 is 29.0 Å². The standard InChI is InChI=1S/C22H19IN2O6S/c1-11(2)31-18-16(23)9-12(10-17(18)30-3)8-15-19(26)24-22(32)25(20(15)27)14-6-4-13(5-7-14)21(28)29/h4-11H,1-3H3,(H,28,29)(H,24,26,32)/b15-8+. The summed E-state index contributed by atoms with van der Waals surface area (Å²) in [6.45, 7) is 3.80. The number of ether oxygens (including phenoxy) is 2. The summed E-state index contributed by atoms with van der Waals surface area (Å²) in [4.78, 5) is 37.9. The van der Waals surface area contributed by atoms with Crippen LogP contribution in [0.5, 0.6) is 11.5 Å². The molecule has 2 aromatic rings. The molecule has 3 rings (SSSR count). The summed E-state index contributed by atoms with van der Waals surface area (Å²) < 4.78 is 12.0. The van der Waals surface area contributed by atoms with Crippen LogP contribution in [0.2, 0.25) is 0 Å². The Morgan fingerprint density at radius 3 is 2.44 bits per heavy atom. The van der Waals surface area contributed by atoms with Crippen molar-refractivity contribution >= 4 is 69.5 Å². The van der Waals surface area contributed by atoms with Crippen LogP contribution in [-0.2, 0) is 9.59 Å². The molecule has 1 aliphatic rings. The van der Waals surface area contributed by atoms with E-state index in [0.29, 0.717) is 22.7 Å². The third-order valence-corrected chi connectivity index (χ3v) is 5.48. The van der Waals surface area contributed by atoms with Gasteiger partial charge in [0.2, 0.25) is 0 Å². The fourth-order valence-corrected chi connectivity index (χ4v) is 4.02. The number of anilines is 1. The van der Waals surface area contributed by atoms with Crippen molar-refractivity contribution in [2.24, 2.45) is 0 Å². The zero-order valence-corrected chi connectivity index (χ0v) is 20.3. The number of nitrogens with one attached hydrogen (secondary N) is 1. The monoisotopic (exact) mass is 566 g/mol. The number of carboxylic acid groups (broad SMARTS) is 1. The van der Waals surface area contributed by atoms with E-state index < -0.39 is 17.8 Å². The van der Waals surface area contributed by atoms with E-state index in [0.717, 1.165) is 8.47 Å². The summed E-state index contributed by atoms with van der Waals surface area (Å²) in [6, 6.07) is 9.06. The lowest BCUT2D eigenvalue weighted by molar-refractivity contribution is -0.122. The van der Waals surface area contributed by atoms with Gasteiger partial charge in [-0.2, -0.15) is 0 Å². The van der Waals surface area contributed by atoms with Crippen LogP contribution >= 0.6 is 34.8 Å². The van der Waals surface area contributed by atoms with E-state index in [2.05, 4.69) is 27.9 Å². The zero-order valence-electron chi connectivity index (χ0n) is 17.3. The number of carbonyl (C=O) groups excluding carboxylic acids is 2. The number of rotatable bonds is 6. The van der Waals surface area contributed by atoms with Crippen LogP contribution in [-0.4, -0.2) is 41.2 Å². The van der Waals surface area contributed by atoms with Crippen molar-refractivity contribution in [3.05, 3.63) is 56.7 Å². The van der Waals surface area contributed by atoms with E-state index >= 15 is 0 Å². The van der Waals surface area contributed by atoms with Crippen molar-refractivity contribution in [1.82, 2.24) is 5.32 Å². The van der Waals surface area contributed by atoms with Gasteiger partial charge in [-0.15, -0.1) is 0 Å². The number of amides is 2. The van der Waals surface area contributed by atoms with E-state index in [1.807, 2.05) is 13.8 Å². The average molecular weight is 566 g/mol. The first-order valence-electron chi connectivity index (χ1n) is 9.41. The van der Waals surface area contributed by atoms with Crippen LogP contribution in [0.3, 0.4) is 0 Å². The third-order valence-electron chi connectivity index (χ3n) is 4.39. The van der Waals surface area contributed by atoms with Gasteiger partial charge in [0.1, 0.15) is 5.57 Å². The molecular weight excluding hydrogens is 547 g/mol. The molecule has 1 fully saturated rings. The van der Waals surface area contributed by atoms with E-state index in [1.165, 1.54) is 37.5 Å². The fourth-order valence-electron chi connectivity index (χ4n) is 2.98. The molecule has 166 valence electrons. The molecule has 1 heterocycles. The van der Waals surface area contributed by atoms with Gasteiger partial charge in [-0.3, -0.25) is 19.8 Å². The van der Waals surface area contributed by atoms with Crippen molar-refractivity contribution in [2.45, 2.75) is 20.0 Å².